The Kier molecular flexibility index (Phi) is 21.2. The summed E-state index contributed by atoms with van der Waals surface area (Å²) < 4.78 is 33.4. The molecule has 0 heterocycles. The summed E-state index contributed by atoms with van der Waals surface area (Å²) in [6.45, 7) is 10.7. The van der Waals surface area contributed by atoms with Gasteiger partial charge in [0.05, 0.1) is 18.7 Å². The predicted molar refractivity (Wildman–Crippen MR) is 230 cm³/mol. The van der Waals surface area contributed by atoms with E-state index in [-0.39, 0.29) is 36.8 Å². The molecule has 3 aromatic rings. The molecule has 0 bridgehead atoms. The van der Waals surface area contributed by atoms with Crippen molar-refractivity contribution in [2.45, 2.75) is 91.4 Å². The molecule has 0 N–H and O–H groups in total. The average Bonchev–Trinajstić information content (AvgIpc) is 3.26. The van der Waals surface area contributed by atoms with Gasteiger partial charge in [-0.25, -0.2) is 9.59 Å². The number of nitriles is 2. The smallest absolute Gasteiger partial charge is 0.333 e. The first-order chi connectivity index (χ1) is 29.8. The van der Waals surface area contributed by atoms with Gasteiger partial charge in [-0.15, -0.1) is 0 Å². The van der Waals surface area contributed by atoms with E-state index in [1.165, 1.54) is 38.2 Å². The van der Waals surface area contributed by atoms with Crippen LogP contribution in [0.5, 0.6) is 11.5 Å². The van der Waals surface area contributed by atoms with Crippen LogP contribution in [-0.2, 0) is 62.2 Å². The molecule has 328 valence electrons. The normalized spacial score (nSPS) is 10.7. The molecule has 13 heteroatoms. The van der Waals surface area contributed by atoms with E-state index in [0.29, 0.717) is 36.3 Å². The number of hydrogen-bond donors (Lipinski definition) is 0. The second-order valence-corrected chi connectivity index (χ2v) is 15.1. The van der Waals surface area contributed by atoms with Crippen LogP contribution in [0.2, 0.25) is 0 Å². The number of ether oxygens (including phenoxy) is 6. The van der Waals surface area contributed by atoms with Gasteiger partial charge in [0.25, 0.3) is 0 Å². The molecule has 0 saturated carbocycles. The molecule has 0 aliphatic heterocycles. The quantitative estimate of drug-likeness (QED) is 0.0234. The number of benzene rings is 3. The number of carbonyl (C=O) groups excluding carboxylic acids is 5. The molecule has 0 unspecified atom stereocenters. The van der Waals surface area contributed by atoms with Gasteiger partial charge in [0.15, 0.2) is 0 Å². The molecule has 0 aromatic heterocycles. The van der Waals surface area contributed by atoms with Crippen LogP contribution in [0.3, 0.4) is 0 Å². The zero-order chi connectivity index (χ0) is 45.3. The van der Waals surface area contributed by atoms with Gasteiger partial charge in [-0.3, -0.25) is 14.4 Å². The number of nitrogens with zero attached hydrogens (tertiary/aromatic N) is 2. The molecule has 0 radical (unpaired) electrons. The van der Waals surface area contributed by atoms with Crippen LogP contribution in [0.15, 0.2) is 91.0 Å². The molecule has 0 saturated heterocycles. The highest BCUT2D eigenvalue weighted by Crippen LogP contribution is 2.31. The molecule has 0 spiro atoms. The van der Waals surface area contributed by atoms with Gasteiger partial charge < -0.3 is 28.4 Å². The van der Waals surface area contributed by atoms with Gasteiger partial charge in [-0.1, -0.05) is 81.8 Å². The van der Waals surface area contributed by atoms with E-state index >= 15 is 0 Å². The Morgan fingerprint density at radius 3 is 1.76 bits per heavy atom. The summed E-state index contributed by atoms with van der Waals surface area (Å²) >= 11 is 0. The standard InChI is InChI=1S/C49H56N2O11/c1-6-7-8-9-11-37-13-15-38(16-14-37)17-24-46(54)62-42-21-18-39(19-22-42)40-20-23-43(41(30-40)12-10-29-57-47(55)35(2)3)58-31-49(32-59-44(52)25-27-50,33-60-45(53)26-28-51)34-61-48(56)36(4)5/h13-16,18-23,30H,2,4,6-12,17,24-26,29,31-34H2,1,3,5H3. The third-order valence-electron chi connectivity index (χ3n) is 9.53. The molecule has 62 heavy (non-hydrogen) atoms. The van der Waals surface area contributed by atoms with Gasteiger partial charge in [0.1, 0.15) is 56.2 Å². The predicted octanol–water partition coefficient (Wildman–Crippen LogP) is 8.46. The van der Waals surface area contributed by atoms with Crippen LogP contribution in [0, 0.1) is 28.1 Å². The lowest BCUT2D eigenvalue weighted by Gasteiger charge is -2.32. The van der Waals surface area contributed by atoms with Crippen molar-refractivity contribution in [3.8, 4) is 34.8 Å². The first-order valence-electron chi connectivity index (χ1n) is 20.6. The van der Waals surface area contributed by atoms with E-state index in [9.17, 15) is 24.0 Å². The van der Waals surface area contributed by atoms with Crippen LogP contribution in [0.4, 0.5) is 0 Å². The third-order valence-corrected chi connectivity index (χ3v) is 9.53. The Labute approximate surface area is 364 Å². The average molecular weight is 849 g/mol. The zero-order valence-corrected chi connectivity index (χ0v) is 36.0. The summed E-state index contributed by atoms with van der Waals surface area (Å²) in [5, 5.41) is 18.0. The van der Waals surface area contributed by atoms with Crippen molar-refractivity contribution >= 4 is 29.8 Å². The Hall–Kier alpha value is -6.73. The number of unbranched alkanes of at least 4 members (excludes halogenated alkanes) is 3. The summed E-state index contributed by atoms with van der Waals surface area (Å²) in [4.78, 5) is 61.9. The van der Waals surface area contributed by atoms with Crippen molar-refractivity contribution in [2.24, 2.45) is 5.41 Å². The zero-order valence-electron chi connectivity index (χ0n) is 36.0. The van der Waals surface area contributed by atoms with Crippen LogP contribution < -0.4 is 9.47 Å². The lowest BCUT2D eigenvalue weighted by Crippen LogP contribution is -2.44. The van der Waals surface area contributed by atoms with Crippen molar-refractivity contribution in [1.82, 2.24) is 0 Å². The van der Waals surface area contributed by atoms with Gasteiger partial charge in [-0.05, 0) is 98.0 Å². The Morgan fingerprint density at radius 2 is 1.18 bits per heavy atom. The topological polar surface area (TPSA) is 188 Å². The Bertz CT molecular complexity index is 2060. The third kappa shape index (κ3) is 17.9. The monoisotopic (exact) mass is 848 g/mol. The van der Waals surface area contributed by atoms with E-state index < -0.39 is 62.0 Å². The second kappa shape index (κ2) is 26.5. The van der Waals surface area contributed by atoms with Gasteiger partial charge >= 0.3 is 29.8 Å². The van der Waals surface area contributed by atoms with Crippen LogP contribution >= 0.6 is 0 Å². The van der Waals surface area contributed by atoms with Crippen LogP contribution in [0.1, 0.15) is 88.8 Å². The molecule has 13 nitrogen and oxygen atoms in total. The fourth-order valence-corrected chi connectivity index (χ4v) is 5.94. The molecule has 0 aliphatic rings. The minimum atomic E-state index is -1.49. The van der Waals surface area contributed by atoms with Gasteiger partial charge in [0, 0.05) is 17.6 Å². The van der Waals surface area contributed by atoms with Gasteiger partial charge in [0.2, 0.25) is 0 Å². The highest BCUT2D eigenvalue weighted by molar-refractivity contribution is 5.87. The summed E-state index contributed by atoms with van der Waals surface area (Å²) in [5.74, 6) is -2.59. The molecule has 3 aromatic carbocycles. The van der Waals surface area contributed by atoms with Crippen molar-refractivity contribution in [3.05, 3.63) is 108 Å². The van der Waals surface area contributed by atoms with Crippen molar-refractivity contribution in [2.75, 3.05) is 33.0 Å². The fourth-order valence-electron chi connectivity index (χ4n) is 5.94. The van der Waals surface area contributed by atoms with Crippen molar-refractivity contribution in [1.29, 1.82) is 10.5 Å². The highest BCUT2D eigenvalue weighted by atomic mass is 16.6. The first-order valence-corrected chi connectivity index (χ1v) is 20.6. The molecule has 0 fully saturated rings. The molecular weight excluding hydrogens is 793 g/mol. The Balaban J connectivity index is 1.82. The summed E-state index contributed by atoms with van der Waals surface area (Å²) in [5.41, 5.74) is 3.51. The van der Waals surface area contributed by atoms with Gasteiger partial charge in [-0.2, -0.15) is 10.5 Å². The number of rotatable bonds is 27. The van der Waals surface area contributed by atoms with E-state index in [2.05, 4.69) is 44.3 Å². The minimum absolute atomic E-state index is 0.0869. The first kappa shape index (κ1) is 49.6. The number of carbonyl (C=O) groups is 5. The maximum absolute atomic E-state index is 12.8. The highest BCUT2D eigenvalue weighted by Gasteiger charge is 2.38. The lowest BCUT2D eigenvalue weighted by atomic mass is 9.91. The van der Waals surface area contributed by atoms with Crippen molar-refractivity contribution < 1.29 is 52.4 Å². The van der Waals surface area contributed by atoms with Crippen LogP contribution in [0.25, 0.3) is 11.1 Å². The van der Waals surface area contributed by atoms with E-state index in [1.54, 1.807) is 43.3 Å². The summed E-state index contributed by atoms with van der Waals surface area (Å²) in [6, 6.07) is 24.3. The van der Waals surface area contributed by atoms with Crippen molar-refractivity contribution in [3.63, 3.8) is 0 Å². The molecule has 0 amide bonds. The number of esters is 5. The minimum Gasteiger partial charge on any atom is -0.492 e. The largest absolute Gasteiger partial charge is 0.492 e. The number of hydrogen-bond acceptors (Lipinski definition) is 13. The van der Waals surface area contributed by atoms with E-state index in [4.69, 9.17) is 38.9 Å². The maximum atomic E-state index is 12.8. The van der Waals surface area contributed by atoms with E-state index in [1.807, 2.05) is 18.2 Å². The Morgan fingerprint density at radius 1 is 0.613 bits per heavy atom. The van der Waals surface area contributed by atoms with E-state index in [0.717, 1.165) is 23.1 Å². The SMILES string of the molecule is C=C(C)C(=O)OCCCc1cc(-c2ccc(OC(=O)CCc3ccc(CCCCCC)cc3)cc2)ccc1OCC(COC(=O)CC#N)(COC(=O)CC#N)COC(=O)C(=C)C. The summed E-state index contributed by atoms with van der Waals surface area (Å²) in [7, 11) is 0. The second-order valence-electron chi connectivity index (χ2n) is 15.1. The molecule has 0 aliphatic carbocycles. The fraction of sp³-hybridized carbons (Fsp3) is 0.408. The molecule has 0 atom stereocenters. The molecule has 3 rings (SSSR count). The lowest BCUT2D eigenvalue weighted by molar-refractivity contribution is -0.162. The van der Waals surface area contributed by atoms with Crippen LogP contribution in [-0.4, -0.2) is 62.9 Å². The summed E-state index contributed by atoms with van der Waals surface area (Å²) in [6.07, 6.45) is 6.36. The number of aryl methyl sites for hydroxylation is 3. The molecular formula is C49H56N2O11. The maximum Gasteiger partial charge on any atom is 0.333 e.